The zero-order valence-corrected chi connectivity index (χ0v) is 12.5. The molecule has 0 aromatic carbocycles. The fraction of sp³-hybridized carbons (Fsp3) is 0.538. The van der Waals surface area contributed by atoms with Crippen molar-refractivity contribution in [3.63, 3.8) is 0 Å². The highest BCUT2D eigenvalue weighted by Crippen LogP contribution is 2.18. The molecule has 2 rings (SSSR count). The predicted octanol–water partition coefficient (Wildman–Crippen LogP) is 2.04. The molecule has 6 heteroatoms. The Balaban J connectivity index is 1.89. The number of halogens is 1. The molecule has 5 nitrogen and oxygen atoms in total. The molecule has 2 N–H and O–H groups in total. The molecule has 1 unspecified atom stereocenters. The van der Waals surface area contributed by atoms with Crippen molar-refractivity contribution in [3.8, 4) is 0 Å². The van der Waals surface area contributed by atoms with Crippen LogP contribution in [0.2, 0.25) is 0 Å². The third-order valence-electron chi connectivity index (χ3n) is 3.20. The molecular formula is C13H18BrN3O2. The van der Waals surface area contributed by atoms with E-state index in [0.29, 0.717) is 23.8 Å². The molecule has 0 aliphatic carbocycles. The van der Waals surface area contributed by atoms with Crippen molar-refractivity contribution in [1.29, 1.82) is 0 Å². The van der Waals surface area contributed by atoms with E-state index in [0.717, 1.165) is 30.5 Å². The third-order valence-corrected chi connectivity index (χ3v) is 3.63. The van der Waals surface area contributed by atoms with E-state index in [1.165, 1.54) is 0 Å². The summed E-state index contributed by atoms with van der Waals surface area (Å²) in [6.07, 6.45) is 3.72. The van der Waals surface area contributed by atoms with E-state index >= 15 is 0 Å². The lowest BCUT2D eigenvalue weighted by atomic mass is 10.1. The van der Waals surface area contributed by atoms with E-state index < -0.39 is 0 Å². The van der Waals surface area contributed by atoms with Gasteiger partial charge in [0.2, 0.25) is 0 Å². The first kappa shape index (κ1) is 14.3. The number of carbonyl (C=O) groups is 1. The average Bonchev–Trinajstić information content (AvgIpc) is 2.91. The summed E-state index contributed by atoms with van der Waals surface area (Å²) < 4.78 is 6.11. The van der Waals surface area contributed by atoms with Crippen LogP contribution in [0.25, 0.3) is 0 Å². The zero-order valence-electron chi connectivity index (χ0n) is 10.9. The maximum absolute atomic E-state index is 12.1. The standard InChI is InChI=1S/C13H18BrN3O2/c1-15-12-11(6-10(14)7-17-12)13(18)16-4-2-9-3-5-19-8-9/h6-7,9H,2-5,8H2,1H3,(H,15,17)(H,16,18). The minimum absolute atomic E-state index is 0.0999. The number of nitrogens with one attached hydrogen (secondary N) is 2. The van der Waals surface area contributed by atoms with Crippen LogP contribution in [0, 0.1) is 5.92 Å². The van der Waals surface area contributed by atoms with Gasteiger partial charge >= 0.3 is 0 Å². The smallest absolute Gasteiger partial charge is 0.255 e. The Morgan fingerprint density at radius 2 is 2.47 bits per heavy atom. The maximum atomic E-state index is 12.1. The van der Waals surface area contributed by atoms with Crippen molar-refractivity contribution >= 4 is 27.7 Å². The number of aromatic nitrogens is 1. The first-order valence-electron chi connectivity index (χ1n) is 6.40. The highest BCUT2D eigenvalue weighted by Gasteiger charge is 2.16. The fourth-order valence-corrected chi connectivity index (χ4v) is 2.44. The highest BCUT2D eigenvalue weighted by molar-refractivity contribution is 9.10. The Bertz CT molecular complexity index is 448. The monoisotopic (exact) mass is 327 g/mol. The lowest BCUT2D eigenvalue weighted by molar-refractivity contribution is 0.0951. The quantitative estimate of drug-likeness (QED) is 0.868. The number of rotatable bonds is 5. The second-order valence-corrected chi connectivity index (χ2v) is 5.49. The zero-order chi connectivity index (χ0) is 13.7. The summed E-state index contributed by atoms with van der Waals surface area (Å²) >= 11 is 3.33. The molecular weight excluding hydrogens is 310 g/mol. The van der Waals surface area contributed by atoms with E-state index in [1.54, 1.807) is 19.3 Å². The number of anilines is 1. The van der Waals surface area contributed by atoms with Crippen LogP contribution in [0.4, 0.5) is 5.82 Å². The summed E-state index contributed by atoms with van der Waals surface area (Å²) in [5.41, 5.74) is 0.555. The summed E-state index contributed by atoms with van der Waals surface area (Å²) in [4.78, 5) is 16.3. The lowest BCUT2D eigenvalue weighted by Crippen LogP contribution is -2.27. The fourth-order valence-electron chi connectivity index (χ4n) is 2.11. The normalized spacial score (nSPS) is 18.3. The van der Waals surface area contributed by atoms with Gasteiger partial charge < -0.3 is 15.4 Å². The van der Waals surface area contributed by atoms with Gasteiger partial charge in [-0.3, -0.25) is 4.79 Å². The Kier molecular flexibility index (Phi) is 5.15. The second-order valence-electron chi connectivity index (χ2n) is 4.57. The van der Waals surface area contributed by atoms with Gasteiger partial charge in [0.25, 0.3) is 5.91 Å². The van der Waals surface area contributed by atoms with Crippen molar-refractivity contribution in [2.45, 2.75) is 12.8 Å². The van der Waals surface area contributed by atoms with Gasteiger partial charge in [-0.05, 0) is 40.8 Å². The molecule has 0 spiro atoms. The van der Waals surface area contributed by atoms with Crippen LogP contribution in [0.15, 0.2) is 16.7 Å². The molecule has 1 aliphatic rings. The minimum atomic E-state index is -0.0999. The van der Waals surface area contributed by atoms with Gasteiger partial charge in [-0.2, -0.15) is 0 Å². The Morgan fingerprint density at radius 3 is 3.16 bits per heavy atom. The maximum Gasteiger partial charge on any atom is 0.255 e. The van der Waals surface area contributed by atoms with Gasteiger partial charge in [0.1, 0.15) is 5.82 Å². The number of ether oxygens (including phenoxy) is 1. The molecule has 2 heterocycles. The van der Waals surface area contributed by atoms with Crippen LogP contribution < -0.4 is 10.6 Å². The molecule has 0 saturated carbocycles. The Morgan fingerprint density at radius 1 is 1.63 bits per heavy atom. The SMILES string of the molecule is CNc1ncc(Br)cc1C(=O)NCCC1CCOC1. The van der Waals surface area contributed by atoms with E-state index in [-0.39, 0.29) is 5.91 Å². The summed E-state index contributed by atoms with van der Waals surface area (Å²) in [7, 11) is 1.75. The number of hydrogen-bond donors (Lipinski definition) is 2. The molecule has 0 radical (unpaired) electrons. The molecule has 19 heavy (non-hydrogen) atoms. The summed E-state index contributed by atoms with van der Waals surface area (Å²) in [5, 5.41) is 5.85. The number of carbonyl (C=O) groups excluding carboxylic acids is 1. The first-order chi connectivity index (χ1) is 9.20. The number of pyridine rings is 1. The topological polar surface area (TPSA) is 63.2 Å². The van der Waals surface area contributed by atoms with Crippen LogP contribution >= 0.6 is 15.9 Å². The van der Waals surface area contributed by atoms with Crippen molar-refractivity contribution in [3.05, 3.63) is 22.3 Å². The predicted molar refractivity (Wildman–Crippen MR) is 77.4 cm³/mol. The van der Waals surface area contributed by atoms with Crippen molar-refractivity contribution < 1.29 is 9.53 Å². The third kappa shape index (κ3) is 3.91. The van der Waals surface area contributed by atoms with Crippen LogP contribution in [-0.4, -0.2) is 37.7 Å². The van der Waals surface area contributed by atoms with Gasteiger partial charge in [-0.25, -0.2) is 4.98 Å². The van der Waals surface area contributed by atoms with Gasteiger partial charge in [0.15, 0.2) is 0 Å². The molecule has 1 aliphatic heterocycles. The van der Waals surface area contributed by atoms with Crippen LogP contribution in [0.3, 0.4) is 0 Å². The van der Waals surface area contributed by atoms with Crippen molar-refractivity contribution in [2.75, 3.05) is 32.1 Å². The summed E-state index contributed by atoms with van der Waals surface area (Å²) in [6.45, 7) is 2.33. The van der Waals surface area contributed by atoms with Gasteiger partial charge in [-0.1, -0.05) is 0 Å². The number of amides is 1. The van der Waals surface area contributed by atoms with E-state index in [2.05, 4.69) is 31.5 Å². The summed E-state index contributed by atoms with van der Waals surface area (Å²) in [5.74, 6) is 1.06. The van der Waals surface area contributed by atoms with Crippen LogP contribution in [0.5, 0.6) is 0 Å². The Hall–Kier alpha value is -1.14. The number of hydrogen-bond acceptors (Lipinski definition) is 4. The first-order valence-corrected chi connectivity index (χ1v) is 7.19. The Labute approximate surface area is 121 Å². The summed E-state index contributed by atoms with van der Waals surface area (Å²) in [6, 6.07) is 1.77. The van der Waals surface area contributed by atoms with Crippen molar-refractivity contribution in [2.24, 2.45) is 5.92 Å². The molecule has 1 fully saturated rings. The largest absolute Gasteiger partial charge is 0.381 e. The lowest BCUT2D eigenvalue weighted by Gasteiger charge is -2.11. The number of nitrogens with zero attached hydrogens (tertiary/aromatic N) is 1. The molecule has 1 amide bonds. The van der Waals surface area contributed by atoms with E-state index in [1.807, 2.05) is 0 Å². The van der Waals surface area contributed by atoms with Gasteiger partial charge in [0, 0.05) is 37.5 Å². The van der Waals surface area contributed by atoms with Crippen LogP contribution in [0.1, 0.15) is 23.2 Å². The molecule has 1 aromatic heterocycles. The molecule has 1 saturated heterocycles. The molecule has 1 aromatic rings. The van der Waals surface area contributed by atoms with Crippen LogP contribution in [-0.2, 0) is 4.74 Å². The van der Waals surface area contributed by atoms with E-state index in [9.17, 15) is 4.79 Å². The second kappa shape index (κ2) is 6.86. The average molecular weight is 328 g/mol. The highest BCUT2D eigenvalue weighted by atomic mass is 79.9. The molecule has 0 bridgehead atoms. The minimum Gasteiger partial charge on any atom is -0.381 e. The van der Waals surface area contributed by atoms with Gasteiger partial charge in [0.05, 0.1) is 5.56 Å². The van der Waals surface area contributed by atoms with Crippen molar-refractivity contribution in [1.82, 2.24) is 10.3 Å². The van der Waals surface area contributed by atoms with E-state index in [4.69, 9.17) is 4.74 Å². The van der Waals surface area contributed by atoms with Gasteiger partial charge in [-0.15, -0.1) is 0 Å². The molecule has 1 atom stereocenters. The molecule has 104 valence electrons.